The van der Waals surface area contributed by atoms with Gasteiger partial charge in [-0.25, -0.2) is 13.6 Å². The maximum absolute atomic E-state index is 14.8. The van der Waals surface area contributed by atoms with E-state index < -0.39 is 83.5 Å². The van der Waals surface area contributed by atoms with Gasteiger partial charge in [0, 0.05) is 12.5 Å². The molecule has 0 bridgehead atoms. The van der Waals surface area contributed by atoms with Gasteiger partial charge in [-0.05, 0) is 41.0 Å². The van der Waals surface area contributed by atoms with E-state index in [0.717, 1.165) is 0 Å². The van der Waals surface area contributed by atoms with Crippen LogP contribution in [-0.4, -0.2) is 39.1 Å². The van der Waals surface area contributed by atoms with Crippen molar-refractivity contribution in [3.8, 4) is 5.75 Å². The predicted octanol–water partition coefficient (Wildman–Crippen LogP) is 6.36. The fraction of sp³-hybridized carbons (Fsp3) is 0.269. The van der Waals surface area contributed by atoms with Crippen molar-refractivity contribution in [2.24, 2.45) is 0 Å². The first-order chi connectivity index (χ1) is 19.7. The van der Waals surface area contributed by atoms with Gasteiger partial charge in [-0.2, -0.15) is 43.9 Å². The molecule has 3 rings (SSSR count). The van der Waals surface area contributed by atoms with Crippen molar-refractivity contribution in [3.05, 3.63) is 94.6 Å². The number of nitrogens with one attached hydrogen (secondary N) is 2. The third kappa shape index (κ3) is 8.50. The molecule has 0 heterocycles. The molecular weight excluding hydrogens is 611 g/mol. The zero-order valence-electron chi connectivity index (χ0n) is 21.2. The second-order valence-corrected chi connectivity index (χ2v) is 9.08. The number of amides is 2. The minimum atomic E-state index is -5.36. The van der Waals surface area contributed by atoms with Crippen LogP contribution in [0.1, 0.15) is 22.3 Å². The van der Waals surface area contributed by atoms with Crippen LogP contribution in [0.3, 0.4) is 0 Å². The number of halogens is 12. The molecule has 0 aliphatic heterocycles. The predicted molar refractivity (Wildman–Crippen MR) is 128 cm³/mol. The molecule has 4 nitrogen and oxygen atoms in total. The first-order valence-corrected chi connectivity index (χ1v) is 11.7. The van der Waals surface area contributed by atoms with Crippen molar-refractivity contribution in [1.82, 2.24) is 10.6 Å². The van der Waals surface area contributed by atoms with Crippen LogP contribution >= 0.6 is 0 Å². The van der Waals surface area contributed by atoms with Crippen molar-refractivity contribution in [2.75, 3.05) is 6.54 Å². The van der Waals surface area contributed by atoms with Crippen LogP contribution in [0.15, 0.2) is 60.7 Å². The largest absolute Gasteiger partial charge is 0.461 e. The van der Waals surface area contributed by atoms with E-state index >= 15 is 0 Å². The Morgan fingerprint density at radius 3 is 2.02 bits per heavy atom. The number of alkyl halides is 10. The van der Waals surface area contributed by atoms with Crippen molar-refractivity contribution in [1.29, 1.82) is 0 Å². The summed E-state index contributed by atoms with van der Waals surface area (Å²) in [4.78, 5) is 12.8. The Morgan fingerprint density at radius 1 is 0.837 bits per heavy atom. The van der Waals surface area contributed by atoms with Gasteiger partial charge >= 0.3 is 30.9 Å². The van der Waals surface area contributed by atoms with Crippen molar-refractivity contribution in [3.63, 3.8) is 0 Å². The molecule has 0 spiro atoms. The molecule has 0 saturated heterocycles. The van der Waals surface area contributed by atoms with Gasteiger partial charge in [0.2, 0.25) is 0 Å². The molecule has 2 radical (unpaired) electrons. The number of benzene rings is 3. The van der Waals surface area contributed by atoms with Gasteiger partial charge in [0.05, 0.1) is 11.1 Å². The van der Waals surface area contributed by atoms with Crippen LogP contribution in [0, 0.1) is 11.6 Å². The molecule has 1 atom stereocenters. The van der Waals surface area contributed by atoms with Crippen LogP contribution in [0.5, 0.6) is 5.75 Å². The molecule has 3 aromatic rings. The van der Waals surface area contributed by atoms with Gasteiger partial charge < -0.3 is 15.4 Å². The lowest BCUT2D eigenvalue weighted by Crippen LogP contribution is -2.53. The molecule has 3 aromatic carbocycles. The highest BCUT2D eigenvalue weighted by Crippen LogP contribution is 2.40. The first kappa shape index (κ1) is 33.5. The SMILES string of the molecule is [B]c1ccc(C[C@](NC(=O)NCC(F)(F)F)(c2cc(F)cc(OC(F)(F)C(F)F)c2)c2ccc(F)c(C(F)(F)F)c2)cc1. The standard InChI is InChI=1S/C26H17BF12N2O2/c27-16-4-1-13(2-5-16)11-23(41-22(42)40-12-24(32,33)34,14-3-6-20(29)19(9-14)25(35,36)37)15-7-17(28)10-18(8-15)43-26(38,39)21(30)31/h1-10,21H,11-12H2,(H2,40,41,42)/t23-/m1/s1. The zero-order valence-corrected chi connectivity index (χ0v) is 21.2. The van der Waals surface area contributed by atoms with Gasteiger partial charge in [0.25, 0.3) is 0 Å². The summed E-state index contributed by atoms with van der Waals surface area (Å²) in [6.45, 7) is -1.95. The minimum absolute atomic E-state index is 0.0767. The molecule has 0 aromatic heterocycles. The van der Waals surface area contributed by atoms with Crippen molar-refractivity contribution in [2.45, 2.75) is 36.8 Å². The molecular formula is C26H17BF12N2O2. The van der Waals surface area contributed by atoms with Crippen LogP contribution in [-0.2, 0) is 18.1 Å². The number of carbonyl (C=O) groups excluding carboxylic acids is 1. The summed E-state index contributed by atoms with van der Waals surface area (Å²) >= 11 is 0. The average Bonchev–Trinajstić information content (AvgIpc) is 2.87. The summed E-state index contributed by atoms with van der Waals surface area (Å²) in [5, 5.41) is 3.42. The van der Waals surface area contributed by atoms with E-state index in [1.165, 1.54) is 29.6 Å². The number of ether oxygens (including phenoxy) is 1. The Labute approximate surface area is 236 Å². The highest BCUT2D eigenvalue weighted by molar-refractivity contribution is 6.32. The average molecular weight is 628 g/mol. The molecule has 230 valence electrons. The Balaban J connectivity index is 2.35. The number of hydrogen-bond donors (Lipinski definition) is 2. The van der Waals surface area contributed by atoms with Gasteiger partial charge in [0.15, 0.2) is 0 Å². The normalized spacial score (nSPS) is 13.9. The smallest absolute Gasteiger partial charge is 0.428 e. The van der Waals surface area contributed by atoms with Crippen LogP contribution < -0.4 is 20.8 Å². The lowest BCUT2D eigenvalue weighted by molar-refractivity contribution is -0.253. The number of urea groups is 1. The molecule has 43 heavy (non-hydrogen) atoms. The summed E-state index contributed by atoms with van der Waals surface area (Å²) in [6, 6.07) is 5.65. The third-order valence-electron chi connectivity index (χ3n) is 5.86. The number of rotatable bonds is 9. The summed E-state index contributed by atoms with van der Waals surface area (Å²) in [5.74, 6) is -4.59. The van der Waals surface area contributed by atoms with Gasteiger partial charge in [-0.15, -0.1) is 0 Å². The summed E-state index contributed by atoms with van der Waals surface area (Å²) in [5.41, 5.74) is -5.76. The van der Waals surface area contributed by atoms with E-state index in [9.17, 15) is 57.5 Å². The van der Waals surface area contributed by atoms with Crippen LogP contribution in [0.2, 0.25) is 0 Å². The fourth-order valence-electron chi connectivity index (χ4n) is 4.00. The van der Waals surface area contributed by atoms with Gasteiger partial charge in [0.1, 0.15) is 31.8 Å². The van der Waals surface area contributed by atoms with E-state index in [-0.39, 0.29) is 23.2 Å². The number of hydrogen-bond acceptors (Lipinski definition) is 2. The quantitative estimate of drug-likeness (QED) is 0.214. The molecule has 2 amide bonds. The molecule has 2 N–H and O–H groups in total. The second-order valence-electron chi connectivity index (χ2n) is 9.08. The maximum Gasteiger partial charge on any atom is 0.461 e. The summed E-state index contributed by atoms with van der Waals surface area (Å²) < 4.78 is 165. The topological polar surface area (TPSA) is 50.4 Å². The molecule has 0 saturated carbocycles. The molecule has 0 aliphatic rings. The second kappa shape index (κ2) is 12.3. The van der Waals surface area contributed by atoms with E-state index in [1.807, 2.05) is 5.32 Å². The lowest BCUT2D eigenvalue weighted by atomic mass is 9.77. The fourth-order valence-corrected chi connectivity index (χ4v) is 4.00. The highest BCUT2D eigenvalue weighted by Gasteiger charge is 2.45. The molecule has 0 aliphatic carbocycles. The summed E-state index contributed by atoms with van der Waals surface area (Å²) in [6.07, 6.45) is -20.7. The minimum Gasteiger partial charge on any atom is -0.428 e. The molecule has 0 fully saturated rings. The monoisotopic (exact) mass is 628 g/mol. The van der Waals surface area contributed by atoms with E-state index in [2.05, 4.69) is 4.74 Å². The van der Waals surface area contributed by atoms with E-state index in [1.54, 1.807) is 0 Å². The Bertz CT molecular complexity index is 1450. The van der Waals surface area contributed by atoms with Gasteiger partial charge in [-0.1, -0.05) is 35.8 Å². The maximum atomic E-state index is 14.8. The van der Waals surface area contributed by atoms with Crippen molar-refractivity contribution >= 4 is 19.3 Å². The summed E-state index contributed by atoms with van der Waals surface area (Å²) in [7, 11) is 5.63. The first-order valence-electron chi connectivity index (χ1n) is 11.7. The Morgan fingerprint density at radius 2 is 1.47 bits per heavy atom. The van der Waals surface area contributed by atoms with Crippen molar-refractivity contribution < 1.29 is 62.2 Å². The highest BCUT2D eigenvalue weighted by atomic mass is 19.4. The van der Waals surface area contributed by atoms with Crippen LogP contribution in [0.25, 0.3) is 0 Å². The van der Waals surface area contributed by atoms with Crippen LogP contribution in [0.4, 0.5) is 57.5 Å². The Hall–Kier alpha value is -4.05. The number of carbonyl (C=O) groups is 1. The van der Waals surface area contributed by atoms with E-state index in [4.69, 9.17) is 7.85 Å². The zero-order chi connectivity index (χ0) is 32.4. The third-order valence-corrected chi connectivity index (χ3v) is 5.86. The molecule has 17 heteroatoms. The lowest BCUT2D eigenvalue weighted by Gasteiger charge is -2.37. The Kier molecular flexibility index (Phi) is 9.56. The molecule has 0 unspecified atom stereocenters. The van der Waals surface area contributed by atoms with E-state index in [0.29, 0.717) is 24.3 Å². The van der Waals surface area contributed by atoms with Gasteiger partial charge in [-0.3, -0.25) is 0 Å².